The van der Waals surface area contributed by atoms with Gasteiger partial charge in [0.15, 0.2) is 5.76 Å². The van der Waals surface area contributed by atoms with Crippen molar-refractivity contribution in [1.82, 2.24) is 10.2 Å². The number of nitrogens with zero attached hydrogens (tertiary/aromatic N) is 1. The van der Waals surface area contributed by atoms with Crippen molar-refractivity contribution in [3.63, 3.8) is 0 Å². The fraction of sp³-hybridized carbons (Fsp3) is 0.143. The van der Waals surface area contributed by atoms with Crippen molar-refractivity contribution in [2.24, 2.45) is 0 Å². The van der Waals surface area contributed by atoms with Crippen LogP contribution in [0.15, 0.2) is 71.1 Å². The number of nitrogens with one attached hydrogen (secondary N) is 1. The van der Waals surface area contributed by atoms with E-state index in [-0.39, 0.29) is 23.4 Å². The number of rotatable bonds is 3. The van der Waals surface area contributed by atoms with E-state index in [1.165, 1.54) is 17.0 Å². The first-order valence-electron chi connectivity index (χ1n) is 8.63. The van der Waals surface area contributed by atoms with Gasteiger partial charge in [0.2, 0.25) is 5.91 Å². The van der Waals surface area contributed by atoms with E-state index in [0.29, 0.717) is 24.4 Å². The molecule has 2 aromatic carbocycles. The van der Waals surface area contributed by atoms with Crippen molar-refractivity contribution < 1.29 is 18.4 Å². The number of hydrogen-bond acceptors (Lipinski definition) is 3. The van der Waals surface area contributed by atoms with Gasteiger partial charge in [-0.1, -0.05) is 30.3 Å². The van der Waals surface area contributed by atoms with Crippen LogP contribution in [0.1, 0.15) is 22.2 Å². The Balaban J connectivity index is 1.63. The summed E-state index contributed by atoms with van der Waals surface area (Å²) in [5, 5.41) is 2.80. The Bertz CT molecular complexity index is 967. The van der Waals surface area contributed by atoms with E-state index in [1.54, 1.807) is 24.3 Å². The summed E-state index contributed by atoms with van der Waals surface area (Å²) in [7, 11) is 0. The lowest BCUT2D eigenvalue weighted by Crippen LogP contribution is -2.52. The Morgan fingerprint density at radius 3 is 2.52 bits per heavy atom. The summed E-state index contributed by atoms with van der Waals surface area (Å²) < 4.78 is 18.8. The van der Waals surface area contributed by atoms with Crippen molar-refractivity contribution in [3.8, 4) is 11.3 Å². The van der Waals surface area contributed by atoms with Crippen LogP contribution in [-0.2, 0) is 4.79 Å². The molecule has 6 heteroatoms. The molecule has 136 valence electrons. The first-order chi connectivity index (χ1) is 13.1. The molecule has 0 radical (unpaired) electrons. The topological polar surface area (TPSA) is 62.6 Å². The number of carbonyl (C=O) groups excluding carboxylic acids is 2. The highest BCUT2D eigenvalue weighted by Gasteiger charge is 2.35. The lowest BCUT2D eigenvalue weighted by atomic mass is 10.0. The number of piperazine rings is 1. The molecule has 0 bridgehead atoms. The number of hydrogen-bond donors (Lipinski definition) is 1. The highest BCUT2D eigenvalue weighted by atomic mass is 19.1. The second kappa shape index (κ2) is 7.07. The standard InChI is InChI=1S/C21H17FN2O3/c22-16-8-6-14(7-9-16)17-10-11-18(27-17)21(26)24-13-12-23-20(25)19(24)15-4-2-1-3-5-15/h1-11,19H,12-13H2,(H,23,25)/t19-/m0/s1. The van der Waals surface area contributed by atoms with E-state index < -0.39 is 6.04 Å². The van der Waals surface area contributed by atoms with Crippen LogP contribution in [0.3, 0.4) is 0 Å². The molecule has 3 aromatic rings. The van der Waals surface area contributed by atoms with E-state index >= 15 is 0 Å². The molecule has 1 aliphatic heterocycles. The van der Waals surface area contributed by atoms with E-state index in [0.717, 1.165) is 5.56 Å². The third-order valence-corrected chi connectivity index (χ3v) is 4.53. The smallest absolute Gasteiger partial charge is 0.290 e. The zero-order chi connectivity index (χ0) is 18.8. The molecule has 27 heavy (non-hydrogen) atoms. The third kappa shape index (κ3) is 3.33. The first kappa shape index (κ1) is 17.0. The van der Waals surface area contributed by atoms with E-state index in [4.69, 9.17) is 4.42 Å². The molecular formula is C21H17FN2O3. The minimum absolute atomic E-state index is 0.143. The maximum atomic E-state index is 13.1. The summed E-state index contributed by atoms with van der Waals surface area (Å²) >= 11 is 0. The number of halogens is 1. The zero-order valence-electron chi connectivity index (χ0n) is 14.4. The average Bonchev–Trinajstić information content (AvgIpc) is 3.18. The van der Waals surface area contributed by atoms with Crippen LogP contribution in [0.2, 0.25) is 0 Å². The predicted molar refractivity (Wildman–Crippen MR) is 97.3 cm³/mol. The van der Waals surface area contributed by atoms with E-state index in [1.807, 2.05) is 30.3 Å². The van der Waals surface area contributed by atoms with Gasteiger partial charge in [-0.05, 0) is 42.0 Å². The average molecular weight is 364 g/mol. The van der Waals surface area contributed by atoms with Crippen LogP contribution in [0.4, 0.5) is 4.39 Å². The summed E-state index contributed by atoms with van der Waals surface area (Å²) in [4.78, 5) is 27.0. The van der Waals surface area contributed by atoms with E-state index in [2.05, 4.69) is 5.32 Å². The first-order valence-corrected chi connectivity index (χ1v) is 8.63. The molecule has 1 aromatic heterocycles. The predicted octanol–water partition coefficient (Wildman–Crippen LogP) is 3.40. The Morgan fingerprint density at radius 1 is 1.04 bits per heavy atom. The van der Waals surface area contributed by atoms with Gasteiger partial charge in [0.1, 0.15) is 17.6 Å². The minimum Gasteiger partial charge on any atom is -0.451 e. The lowest BCUT2D eigenvalue weighted by molar-refractivity contribution is -0.128. The third-order valence-electron chi connectivity index (χ3n) is 4.53. The second-order valence-electron chi connectivity index (χ2n) is 6.27. The Morgan fingerprint density at radius 2 is 1.78 bits per heavy atom. The molecule has 1 aliphatic rings. The molecule has 4 rings (SSSR count). The van der Waals surface area contributed by atoms with Crippen LogP contribution >= 0.6 is 0 Å². The van der Waals surface area contributed by atoms with Crippen LogP contribution in [0.25, 0.3) is 11.3 Å². The minimum atomic E-state index is -0.702. The zero-order valence-corrected chi connectivity index (χ0v) is 14.4. The molecule has 0 spiro atoms. The lowest BCUT2D eigenvalue weighted by Gasteiger charge is -2.34. The van der Waals surface area contributed by atoms with Crippen molar-refractivity contribution in [2.75, 3.05) is 13.1 Å². The van der Waals surface area contributed by atoms with Gasteiger partial charge < -0.3 is 14.6 Å². The monoisotopic (exact) mass is 364 g/mol. The highest BCUT2D eigenvalue weighted by molar-refractivity contribution is 5.97. The maximum Gasteiger partial charge on any atom is 0.290 e. The summed E-state index contributed by atoms with van der Waals surface area (Å²) in [6.45, 7) is 0.774. The molecule has 1 atom stereocenters. The van der Waals surface area contributed by atoms with Gasteiger partial charge in [-0.25, -0.2) is 4.39 Å². The molecule has 1 N–H and O–H groups in total. The van der Waals surface area contributed by atoms with Crippen molar-refractivity contribution >= 4 is 11.8 Å². The van der Waals surface area contributed by atoms with Crippen molar-refractivity contribution in [3.05, 3.63) is 83.9 Å². The molecule has 2 heterocycles. The van der Waals surface area contributed by atoms with Gasteiger partial charge in [0.25, 0.3) is 5.91 Å². The van der Waals surface area contributed by atoms with Crippen LogP contribution in [0, 0.1) is 5.82 Å². The highest BCUT2D eigenvalue weighted by Crippen LogP contribution is 2.28. The Kier molecular flexibility index (Phi) is 4.46. The van der Waals surface area contributed by atoms with E-state index in [9.17, 15) is 14.0 Å². The fourth-order valence-corrected chi connectivity index (χ4v) is 3.22. The molecule has 2 amide bonds. The number of furan rings is 1. The normalized spacial score (nSPS) is 16.9. The van der Waals surface area contributed by atoms with Gasteiger partial charge in [-0.15, -0.1) is 0 Å². The van der Waals surface area contributed by atoms with Crippen molar-refractivity contribution in [2.45, 2.75) is 6.04 Å². The largest absolute Gasteiger partial charge is 0.451 e. The number of carbonyl (C=O) groups is 2. The number of benzene rings is 2. The second-order valence-corrected chi connectivity index (χ2v) is 6.27. The molecule has 1 saturated heterocycles. The van der Waals surface area contributed by atoms with Gasteiger partial charge in [0.05, 0.1) is 0 Å². The Hall–Kier alpha value is -3.41. The van der Waals surface area contributed by atoms with Gasteiger partial charge in [-0.3, -0.25) is 9.59 Å². The summed E-state index contributed by atoms with van der Waals surface area (Å²) in [6, 6.07) is 17.6. The molecular weight excluding hydrogens is 347 g/mol. The summed E-state index contributed by atoms with van der Waals surface area (Å²) in [6.07, 6.45) is 0. The molecule has 5 nitrogen and oxygen atoms in total. The van der Waals surface area contributed by atoms with Gasteiger partial charge >= 0.3 is 0 Å². The number of amides is 2. The van der Waals surface area contributed by atoms with Crippen LogP contribution in [-0.4, -0.2) is 29.8 Å². The van der Waals surface area contributed by atoms with Crippen LogP contribution in [0.5, 0.6) is 0 Å². The van der Waals surface area contributed by atoms with Crippen LogP contribution < -0.4 is 5.32 Å². The van der Waals surface area contributed by atoms with Gasteiger partial charge in [-0.2, -0.15) is 0 Å². The Labute approximate surface area is 155 Å². The molecule has 0 aliphatic carbocycles. The fourth-order valence-electron chi connectivity index (χ4n) is 3.22. The van der Waals surface area contributed by atoms with Crippen molar-refractivity contribution in [1.29, 1.82) is 0 Å². The van der Waals surface area contributed by atoms with Gasteiger partial charge in [0, 0.05) is 18.7 Å². The SMILES string of the molecule is O=C1NCCN(C(=O)c2ccc(-c3ccc(F)cc3)o2)[C@H]1c1ccccc1. The molecule has 0 saturated carbocycles. The molecule has 1 fully saturated rings. The summed E-state index contributed by atoms with van der Waals surface area (Å²) in [5.41, 5.74) is 1.42. The molecule has 0 unspecified atom stereocenters. The summed E-state index contributed by atoms with van der Waals surface area (Å²) in [5.74, 6) is -0.300. The quantitative estimate of drug-likeness (QED) is 0.775. The maximum absolute atomic E-state index is 13.1.